The Labute approximate surface area is 283 Å². The average molecular weight is 642 g/mol. The monoisotopic (exact) mass is 642 g/mol. The molecule has 3 aliphatic heterocycles. The summed E-state index contributed by atoms with van der Waals surface area (Å²) in [6.07, 6.45) is 11.1. The number of hydrogen-bond donors (Lipinski definition) is 2. The van der Waals surface area contributed by atoms with Gasteiger partial charge in [0.2, 0.25) is 11.9 Å². The van der Waals surface area contributed by atoms with E-state index in [4.69, 9.17) is 19.7 Å². The van der Waals surface area contributed by atoms with E-state index in [0.29, 0.717) is 6.04 Å². The minimum Gasteiger partial charge on any atom is -0.378 e. The van der Waals surface area contributed by atoms with Crippen LogP contribution in [0.3, 0.4) is 0 Å². The standard InChI is InChI=1S/C38H71N7O/c1-27(2)31(29-23-35(5,6)42-36(7,8)24-29)17-15-13-14-16-18-45(30-25-37(9,10)43-38(11,12)26-30)34-40-32(28(3)4)39-33(41-34)44-19-21-46-22-20-44/h27-31,42-43H,13-26H2,1-12H3. The van der Waals surface area contributed by atoms with Crippen molar-refractivity contribution in [3.63, 3.8) is 0 Å². The largest absolute Gasteiger partial charge is 0.378 e. The fraction of sp³-hybridized carbons (Fsp3) is 0.921. The lowest BCUT2D eigenvalue weighted by Crippen LogP contribution is -2.62. The first kappa shape index (κ1) is 37.3. The van der Waals surface area contributed by atoms with Gasteiger partial charge in [-0.1, -0.05) is 47.0 Å². The zero-order valence-electron chi connectivity index (χ0n) is 31.9. The highest BCUT2D eigenvalue weighted by Crippen LogP contribution is 2.41. The fourth-order valence-electron chi connectivity index (χ4n) is 9.43. The molecule has 0 saturated carbocycles. The van der Waals surface area contributed by atoms with Crippen LogP contribution in [0.15, 0.2) is 0 Å². The van der Waals surface area contributed by atoms with Crippen molar-refractivity contribution < 1.29 is 4.74 Å². The number of ether oxygens (including phenoxy) is 1. The molecular formula is C38H71N7O. The van der Waals surface area contributed by atoms with Crippen LogP contribution in [0.2, 0.25) is 0 Å². The van der Waals surface area contributed by atoms with Crippen LogP contribution in [-0.2, 0) is 4.74 Å². The number of hydrogen-bond acceptors (Lipinski definition) is 8. The van der Waals surface area contributed by atoms with Gasteiger partial charge in [0.25, 0.3) is 0 Å². The molecule has 8 nitrogen and oxygen atoms in total. The van der Waals surface area contributed by atoms with Gasteiger partial charge in [0.1, 0.15) is 5.82 Å². The molecule has 0 bridgehead atoms. The average Bonchev–Trinajstić information content (AvgIpc) is 2.91. The number of piperidine rings is 2. The van der Waals surface area contributed by atoms with E-state index in [-0.39, 0.29) is 28.1 Å². The first-order valence-corrected chi connectivity index (χ1v) is 18.8. The highest BCUT2D eigenvalue weighted by atomic mass is 16.5. The van der Waals surface area contributed by atoms with E-state index in [1.54, 1.807) is 0 Å². The minimum absolute atomic E-state index is 0.0508. The molecule has 8 heteroatoms. The van der Waals surface area contributed by atoms with Crippen LogP contribution in [0.5, 0.6) is 0 Å². The van der Waals surface area contributed by atoms with Crippen LogP contribution < -0.4 is 20.4 Å². The molecule has 1 unspecified atom stereocenters. The van der Waals surface area contributed by atoms with Crippen LogP contribution in [0.4, 0.5) is 11.9 Å². The van der Waals surface area contributed by atoms with Gasteiger partial charge in [-0.3, -0.25) is 0 Å². The SMILES string of the molecule is CC(C)c1nc(N2CCOCC2)nc(N(CCCCCCC(C(C)C)C2CC(C)(C)NC(C)(C)C2)C2CC(C)(C)NC(C)(C)C2)n1. The second-order valence-corrected chi connectivity index (χ2v) is 18.4. The Kier molecular flexibility index (Phi) is 12.1. The third kappa shape index (κ3) is 10.5. The normalized spacial score (nSPS) is 24.0. The molecule has 0 amide bonds. The van der Waals surface area contributed by atoms with Crippen LogP contribution >= 0.6 is 0 Å². The Bertz CT molecular complexity index is 1080. The maximum Gasteiger partial charge on any atom is 0.230 e. The number of aromatic nitrogens is 3. The number of unbranched alkanes of at least 4 members (excludes halogenated alkanes) is 3. The molecule has 3 fully saturated rings. The van der Waals surface area contributed by atoms with E-state index in [2.05, 4.69) is 104 Å². The van der Waals surface area contributed by atoms with Gasteiger partial charge >= 0.3 is 0 Å². The van der Waals surface area contributed by atoms with Crippen LogP contribution in [0.25, 0.3) is 0 Å². The predicted octanol–water partition coefficient (Wildman–Crippen LogP) is 7.73. The van der Waals surface area contributed by atoms with E-state index < -0.39 is 0 Å². The molecule has 0 radical (unpaired) electrons. The molecule has 4 rings (SSSR count). The van der Waals surface area contributed by atoms with Gasteiger partial charge in [0, 0.05) is 53.7 Å². The molecule has 46 heavy (non-hydrogen) atoms. The van der Waals surface area contributed by atoms with Crippen molar-refractivity contribution in [2.75, 3.05) is 42.6 Å². The molecule has 3 aliphatic rings. The van der Waals surface area contributed by atoms with Crippen molar-refractivity contribution >= 4 is 11.9 Å². The summed E-state index contributed by atoms with van der Waals surface area (Å²) in [4.78, 5) is 20.1. The quantitative estimate of drug-likeness (QED) is 0.212. The second-order valence-electron chi connectivity index (χ2n) is 18.4. The fourth-order valence-corrected chi connectivity index (χ4v) is 9.43. The second kappa shape index (κ2) is 14.9. The molecule has 264 valence electrons. The summed E-state index contributed by atoms with van der Waals surface area (Å²) in [6, 6.07) is 0.378. The van der Waals surface area contributed by atoms with Gasteiger partial charge in [-0.15, -0.1) is 0 Å². The van der Waals surface area contributed by atoms with E-state index in [0.717, 1.165) is 81.2 Å². The number of rotatable bonds is 13. The third-order valence-corrected chi connectivity index (χ3v) is 10.7. The topological polar surface area (TPSA) is 78.4 Å². The number of nitrogens with zero attached hydrogens (tertiary/aromatic N) is 5. The molecular weight excluding hydrogens is 570 g/mol. The number of morpholine rings is 1. The van der Waals surface area contributed by atoms with Crippen LogP contribution in [-0.4, -0.2) is 76.0 Å². The summed E-state index contributed by atoms with van der Waals surface area (Å²) >= 11 is 0. The van der Waals surface area contributed by atoms with Crippen molar-refractivity contribution in [2.24, 2.45) is 17.8 Å². The van der Waals surface area contributed by atoms with Crippen molar-refractivity contribution in [3.8, 4) is 0 Å². The zero-order valence-corrected chi connectivity index (χ0v) is 31.9. The summed E-state index contributed by atoms with van der Waals surface area (Å²) in [5, 5.41) is 7.80. The Morgan fingerprint density at radius 2 is 1.28 bits per heavy atom. The van der Waals surface area contributed by atoms with Gasteiger partial charge in [-0.25, -0.2) is 0 Å². The summed E-state index contributed by atoms with van der Waals surface area (Å²) < 4.78 is 5.65. The van der Waals surface area contributed by atoms with E-state index in [9.17, 15) is 0 Å². The van der Waals surface area contributed by atoms with Gasteiger partial charge in [0.15, 0.2) is 0 Å². The van der Waals surface area contributed by atoms with E-state index >= 15 is 0 Å². The third-order valence-electron chi connectivity index (χ3n) is 10.7. The van der Waals surface area contributed by atoms with Gasteiger partial charge in [-0.2, -0.15) is 15.0 Å². The zero-order chi connectivity index (χ0) is 33.9. The molecule has 2 N–H and O–H groups in total. The Morgan fingerprint density at radius 1 is 0.739 bits per heavy atom. The molecule has 3 saturated heterocycles. The molecule has 1 aromatic heterocycles. The molecule has 4 heterocycles. The first-order chi connectivity index (χ1) is 21.4. The lowest BCUT2D eigenvalue weighted by molar-refractivity contribution is 0.0706. The lowest BCUT2D eigenvalue weighted by atomic mass is 9.67. The van der Waals surface area contributed by atoms with Gasteiger partial charge in [-0.05, 0) is 112 Å². The van der Waals surface area contributed by atoms with Gasteiger partial charge < -0.3 is 25.2 Å². The molecule has 0 aromatic carbocycles. The maximum atomic E-state index is 5.65. The highest BCUT2D eigenvalue weighted by Gasteiger charge is 2.42. The summed E-state index contributed by atoms with van der Waals surface area (Å²) in [5.41, 5.74) is 0.532. The lowest BCUT2D eigenvalue weighted by Gasteiger charge is -2.50. The Hall–Kier alpha value is -1.51. The van der Waals surface area contributed by atoms with Crippen molar-refractivity contribution in [1.29, 1.82) is 0 Å². The predicted molar refractivity (Wildman–Crippen MR) is 194 cm³/mol. The maximum absolute atomic E-state index is 5.65. The Balaban J connectivity index is 1.46. The summed E-state index contributed by atoms with van der Waals surface area (Å²) in [7, 11) is 0. The van der Waals surface area contributed by atoms with E-state index in [1.165, 1.54) is 44.9 Å². The molecule has 0 aliphatic carbocycles. The minimum atomic E-state index is 0.0508. The molecule has 0 spiro atoms. The number of nitrogens with one attached hydrogen (secondary N) is 2. The van der Waals surface area contributed by atoms with Crippen molar-refractivity contribution in [2.45, 2.75) is 175 Å². The van der Waals surface area contributed by atoms with Crippen LogP contribution in [0, 0.1) is 17.8 Å². The van der Waals surface area contributed by atoms with Crippen molar-refractivity contribution in [1.82, 2.24) is 25.6 Å². The van der Waals surface area contributed by atoms with Crippen molar-refractivity contribution in [3.05, 3.63) is 5.82 Å². The smallest absolute Gasteiger partial charge is 0.230 e. The summed E-state index contributed by atoms with van der Waals surface area (Å²) in [5.74, 6) is 5.16. The summed E-state index contributed by atoms with van der Waals surface area (Å²) in [6.45, 7) is 32.4. The van der Waals surface area contributed by atoms with Gasteiger partial charge in [0.05, 0.1) is 13.2 Å². The molecule has 1 aromatic rings. The first-order valence-electron chi connectivity index (χ1n) is 18.8. The number of anilines is 2. The molecule has 1 atom stereocenters. The highest BCUT2D eigenvalue weighted by molar-refractivity contribution is 5.41. The Morgan fingerprint density at radius 3 is 1.83 bits per heavy atom. The van der Waals surface area contributed by atoms with E-state index in [1.807, 2.05) is 0 Å². The van der Waals surface area contributed by atoms with Crippen LogP contribution in [0.1, 0.15) is 153 Å².